The van der Waals surface area contributed by atoms with Crippen molar-refractivity contribution in [2.75, 3.05) is 17.9 Å². The van der Waals surface area contributed by atoms with Crippen LogP contribution in [-0.4, -0.2) is 32.8 Å². The Hall–Kier alpha value is -2.64. The van der Waals surface area contributed by atoms with E-state index in [0.717, 1.165) is 6.42 Å². The van der Waals surface area contributed by atoms with Gasteiger partial charge in [0, 0.05) is 25.7 Å². The molecule has 7 heteroatoms. The van der Waals surface area contributed by atoms with Gasteiger partial charge in [0.1, 0.15) is 4.21 Å². The number of amides is 1. The maximum Gasteiger partial charge on any atom is 0.273 e. The molecule has 0 bridgehead atoms. The Kier molecular flexibility index (Phi) is 4.95. The van der Waals surface area contributed by atoms with Gasteiger partial charge in [-0.1, -0.05) is 30.3 Å². The van der Waals surface area contributed by atoms with Gasteiger partial charge in [0.15, 0.2) is 0 Å². The molecule has 2 aromatic carbocycles. The van der Waals surface area contributed by atoms with Crippen LogP contribution in [0.25, 0.3) is 0 Å². The maximum absolute atomic E-state index is 12.9. The number of thiophene rings is 1. The summed E-state index contributed by atoms with van der Waals surface area (Å²) in [5.41, 5.74) is 3.56. The molecule has 1 aliphatic rings. The highest BCUT2D eigenvalue weighted by molar-refractivity contribution is 7.94. The number of fused-ring (bicyclic) bond motifs is 1. The summed E-state index contributed by atoms with van der Waals surface area (Å²) in [5.74, 6) is -0.0372. The van der Waals surface area contributed by atoms with Crippen molar-refractivity contribution in [3.63, 3.8) is 0 Å². The highest BCUT2D eigenvalue weighted by atomic mass is 32.2. The number of hydrogen-bond donors (Lipinski definition) is 0. The first-order chi connectivity index (χ1) is 13.5. The molecule has 5 nitrogen and oxygen atoms in total. The lowest BCUT2D eigenvalue weighted by Crippen LogP contribution is -2.36. The molecule has 0 saturated heterocycles. The minimum absolute atomic E-state index is 0.0372. The number of hydrogen-bond acceptors (Lipinski definition) is 4. The third kappa shape index (κ3) is 3.43. The lowest BCUT2D eigenvalue weighted by atomic mass is 9.99. The van der Waals surface area contributed by atoms with E-state index in [0.29, 0.717) is 28.5 Å². The topological polar surface area (TPSA) is 57.7 Å². The normalized spacial score (nSPS) is 13.8. The molecule has 0 spiro atoms. The smallest absolute Gasteiger partial charge is 0.273 e. The summed E-state index contributed by atoms with van der Waals surface area (Å²) in [4.78, 5) is 14.7. The summed E-state index contributed by atoms with van der Waals surface area (Å²) >= 11 is 1.18. The van der Waals surface area contributed by atoms with Crippen LogP contribution in [0.3, 0.4) is 0 Å². The van der Waals surface area contributed by atoms with Crippen LogP contribution >= 0.6 is 11.3 Å². The van der Waals surface area contributed by atoms with Gasteiger partial charge in [0.25, 0.3) is 15.9 Å². The minimum atomic E-state index is -3.58. The molecule has 0 atom stereocenters. The van der Waals surface area contributed by atoms with Gasteiger partial charge in [-0.25, -0.2) is 8.42 Å². The van der Waals surface area contributed by atoms with E-state index in [1.807, 2.05) is 17.0 Å². The van der Waals surface area contributed by atoms with Crippen LogP contribution in [0.15, 0.2) is 70.3 Å². The number of sulfonamides is 1. The summed E-state index contributed by atoms with van der Waals surface area (Å²) in [6.45, 7) is 1.29. The van der Waals surface area contributed by atoms with Crippen molar-refractivity contribution < 1.29 is 13.2 Å². The predicted octanol–water partition coefficient (Wildman–Crippen LogP) is 3.77. The summed E-state index contributed by atoms with van der Waals surface area (Å²) in [5, 5.41) is 1.74. The van der Waals surface area contributed by atoms with Crippen molar-refractivity contribution in [3.05, 3.63) is 82.7 Å². The van der Waals surface area contributed by atoms with Crippen LogP contribution in [-0.2, 0) is 23.0 Å². The first-order valence-corrected chi connectivity index (χ1v) is 11.3. The monoisotopic (exact) mass is 412 g/mol. The van der Waals surface area contributed by atoms with Crippen LogP contribution in [0.1, 0.15) is 21.5 Å². The molecule has 0 unspecified atom stereocenters. The van der Waals surface area contributed by atoms with E-state index in [-0.39, 0.29) is 5.91 Å². The lowest BCUT2D eigenvalue weighted by Gasteiger charge is -2.29. The third-order valence-corrected chi connectivity index (χ3v) is 8.16. The SMILES string of the molecule is CN(c1ccc(C(=O)N2CCc3ccccc3C2)cc1)S(=O)(=O)c1cccs1. The van der Waals surface area contributed by atoms with Crippen LogP contribution < -0.4 is 4.31 Å². The molecule has 0 saturated carbocycles. The Balaban J connectivity index is 1.51. The molecule has 2 heterocycles. The van der Waals surface area contributed by atoms with Crippen molar-refractivity contribution in [2.45, 2.75) is 17.2 Å². The summed E-state index contributed by atoms with van der Waals surface area (Å²) in [7, 11) is -2.06. The Labute approximate surface area is 168 Å². The Bertz CT molecular complexity index is 1090. The van der Waals surface area contributed by atoms with Crippen molar-refractivity contribution in [1.29, 1.82) is 0 Å². The maximum atomic E-state index is 12.9. The molecule has 0 aliphatic carbocycles. The fourth-order valence-corrected chi connectivity index (χ4v) is 5.71. The van der Waals surface area contributed by atoms with Crippen LogP contribution in [0.5, 0.6) is 0 Å². The van der Waals surface area contributed by atoms with E-state index < -0.39 is 10.0 Å². The van der Waals surface area contributed by atoms with Gasteiger partial charge in [-0.15, -0.1) is 11.3 Å². The Morgan fingerprint density at radius 2 is 1.71 bits per heavy atom. The Morgan fingerprint density at radius 3 is 2.39 bits per heavy atom. The van der Waals surface area contributed by atoms with E-state index in [2.05, 4.69) is 12.1 Å². The second kappa shape index (κ2) is 7.41. The number of carbonyl (C=O) groups excluding carboxylic acids is 1. The zero-order chi connectivity index (χ0) is 19.7. The molecule has 1 amide bonds. The third-order valence-electron chi connectivity index (χ3n) is 5.01. The zero-order valence-corrected chi connectivity index (χ0v) is 17.0. The largest absolute Gasteiger partial charge is 0.334 e. The molecule has 1 aromatic heterocycles. The van der Waals surface area contributed by atoms with Crippen molar-refractivity contribution in [2.24, 2.45) is 0 Å². The Morgan fingerprint density at radius 1 is 1.00 bits per heavy atom. The number of carbonyl (C=O) groups is 1. The molecule has 1 aliphatic heterocycles. The molecule has 0 N–H and O–H groups in total. The lowest BCUT2D eigenvalue weighted by molar-refractivity contribution is 0.0734. The van der Waals surface area contributed by atoms with Crippen LogP contribution in [0.2, 0.25) is 0 Å². The quantitative estimate of drug-likeness (QED) is 0.655. The number of anilines is 1. The molecule has 3 aromatic rings. The highest BCUT2D eigenvalue weighted by Gasteiger charge is 2.24. The molecule has 0 radical (unpaired) electrons. The van der Waals surface area contributed by atoms with Crippen molar-refractivity contribution in [1.82, 2.24) is 4.90 Å². The van der Waals surface area contributed by atoms with Gasteiger partial charge < -0.3 is 4.90 Å². The summed E-state index contributed by atoms with van der Waals surface area (Å²) < 4.78 is 26.8. The predicted molar refractivity (Wildman–Crippen MR) is 111 cm³/mol. The van der Waals surface area contributed by atoms with E-state index in [9.17, 15) is 13.2 Å². The average Bonchev–Trinajstić information content (AvgIpc) is 3.28. The standard InChI is InChI=1S/C21H20N2O3S2/c1-22(28(25,26)20-7-4-14-27-20)19-10-8-17(9-11-19)21(24)23-13-12-16-5-2-3-6-18(16)15-23/h2-11,14H,12-13,15H2,1H3. The van der Waals surface area contributed by atoms with Crippen LogP contribution in [0.4, 0.5) is 5.69 Å². The van der Waals surface area contributed by atoms with Gasteiger partial charge in [-0.2, -0.15) is 0 Å². The molecular formula is C21H20N2O3S2. The first-order valence-electron chi connectivity index (χ1n) is 8.95. The van der Waals surface area contributed by atoms with E-state index in [1.54, 1.807) is 41.8 Å². The van der Waals surface area contributed by atoms with Crippen LogP contribution in [0, 0.1) is 0 Å². The second-order valence-electron chi connectivity index (χ2n) is 6.70. The van der Waals surface area contributed by atoms with Gasteiger partial charge >= 0.3 is 0 Å². The van der Waals surface area contributed by atoms with Gasteiger partial charge in [0.2, 0.25) is 0 Å². The zero-order valence-electron chi connectivity index (χ0n) is 15.4. The summed E-state index contributed by atoms with van der Waals surface area (Å²) in [6, 6.07) is 18.2. The molecular weight excluding hydrogens is 392 g/mol. The molecule has 28 heavy (non-hydrogen) atoms. The van der Waals surface area contributed by atoms with E-state index in [1.165, 1.54) is 33.8 Å². The van der Waals surface area contributed by atoms with Gasteiger partial charge in [-0.3, -0.25) is 9.10 Å². The molecule has 4 rings (SSSR count). The van der Waals surface area contributed by atoms with Gasteiger partial charge in [0.05, 0.1) is 5.69 Å². The van der Waals surface area contributed by atoms with Crippen molar-refractivity contribution in [3.8, 4) is 0 Å². The van der Waals surface area contributed by atoms with E-state index >= 15 is 0 Å². The number of benzene rings is 2. The minimum Gasteiger partial charge on any atom is -0.334 e. The molecule has 0 fully saturated rings. The number of nitrogens with zero attached hydrogens (tertiary/aromatic N) is 2. The highest BCUT2D eigenvalue weighted by Crippen LogP contribution is 2.26. The fraction of sp³-hybridized carbons (Fsp3) is 0.190. The molecule has 144 valence electrons. The first kappa shape index (κ1) is 18.7. The second-order valence-corrected chi connectivity index (χ2v) is 9.84. The number of rotatable bonds is 4. The average molecular weight is 413 g/mol. The van der Waals surface area contributed by atoms with Gasteiger partial charge in [-0.05, 0) is 53.3 Å². The van der Waals surface area contributed by atoms with E-state index in [4.69, 9.17) is 0 Å². The summed E-state index contributed by atoms with van der Waals surface area (Å²) in [6.07, 6.45) is 0.849. The van der Waals surface area contributed by atoms with Crippen molar-refractivity contribution >= 4 is 33.0 Å². The fourth-order valence-electron chi connectivity index (χ4n) is 3.35.